The summed E-state index contributed by atoms with van der Waals surface area (Å²) in [7, 11) is 0. The van der Waals surface area contributed by atoms with Gasteiger partial charge in [-0.25, -0.2) is 0 Å². The maximum atomic E-state index is 10.8. The van der Waals surface area contributed by atoms with E-state index in [1.807, 2.05) is 13.0 Å². The Kier molecular flexibility index (Phi) is 7.18. The molecule has 0 radical (unpaired) electrons. The van der Waals surface area contributed by atoms with Gasteiger partial charge in [0, 0.05) is 24.7 Å². The summed E-state index contributed by atoms with van der Waals surface area (Å²) in [6, 6.07) is 6.76. The van der Waals surface area contributed by atoms with Crippen molar-refractivity contribution in [3.8, 4) is 0 Å². The van der Waals surface area contributed by atoms with Crippen LogP contribution in [0.2, 0.25) is 0 Å². The highest BCUT2D eigenvalue weighted by Crippen LogP contribution is 2.22. The van der Waals surface area contributed by atoms with Gasteiger partial charge in [0.05, 0.1) is 11.0 Å². The van der Waals surface area contributed by atoms with Gasteiger partial charge in [-0.15, -0.1) is 0 Å². The summed E-state index contributed by atoms with van der Waals surface area (Å²) >= 11 is 0. The van der Waals surface area contributed by atoms with Crippen LogP contribution in [0.5, 0.6) is 0 Å². The smallest absolute Gasteiger partial charge is 0.269 e. The van der Waals surface area contributed by atoms with Gasteiger partial charge < -0.3 is 10.4 Å². The maximum absolute atomic E-state index is 10.8. The minimum Gasteiger partial charge on any atom is -0.392 e. The van der Waals surface area contributed by atoms with Gasteiger partial charge >= 0.3 is 0 Å². The van der Waals surface area contributed by atoms with Crippen molar-refractivity contribution < 1.29 is 10.0 Å². The van der Waals surface area contributed by atoms with Crippen molar-refractivity contribution in [3.05, 3.63) is 39.9 Å². The number of nitro benzene ring substituents is 1. The first-order valence-corrected chi connectivity index (χ1v) is 7.24. The number of hydrogen-bond donors (Lipinski definition) is 2. The van der Waals surface area contributed by atoms with Gasteiger partial charge in [-0.2, -0.15) is 0 Å². The van der Waals surface area contributed by atoms with Crippen molar-refractivity contribution in [1.29, 1.82) is 0 Å². The molecular weight excluding hydrogens is 256 g/mol. The molecule has 2 atom stereocenters. The lowest BCUT2D eigenvalue weighted by Crippen LogP contribution is -2.30. The van der Waals surface area contributed by atoms with E-state index < -0.39 is 0 Å². The summed E-state index contributed by atoms with van der Waals surface area (Å²) in [6.07, 6.45) is 3.21. The number of aliphatic hydroxyl groups excluding tert-OH is 1. The first-order valence-electron chi connectivity index (χ1n) is 7.24. The summed E-state index contributed by atoms with van der Waals surface area (Å²) in [5.41, 5.74) is 1.02. The van der Waals surface area contributed by atoms with Crippen LogP contribution >= 0.6 is 0 Å². The van der Waals surface area contributed by atoms with E-state index in [9.17, 15) is 15.2 Å². The standard InChI is InChI=1S/C15H24N2O3/c1-3-6-14(18)11-16-15(7-4-2)12-8-5-9-13(10-12)17(19)20/h5,8-10,14-16,18H,3-4,6-7,11H2,1-2H3. The van der Waals surface area contributed by atoms with E-state index in [0.29, 0.717) is 6.54 Å². The molecule has 1 aromatic rings. The molecular formula is C15H24N2O3. The molecule has 2 N–H and O–H groups in total. The second-order valence-corrected chi connectivity index (χ2v) is 5.04. The molecule has 0 aliphatic heterocycles. The predicted molar refractivity (Wildman–Crippen MR) is 79.7 cm³/mol. The number of rotatable bonds is 9. The summed E-state index contributed by atoms with van der Waals surface area (Å²) in [6.45, 7) is 4.63. The van der Waals surface area contributed by atoms with E-state index in [2.05, 4.69) is 12.2 Å². The van der Waals surface area contributed by atoms with Crippen molar-refractivity contribution >= 4 is 5.69 Å². The van der Waals surface area contributed by atoms with E-state index >= 15 is 0 Å². The molecule has 0 aromatic heterocycles. The third kappa shape index (κ3) is 5.27. The molecule has 1 rings (SSSR count). The Balaban J connectivity index is 2.74. The largest absolute Gasteiger partial charge is 0.392 e. The summed E-state index contributed by atoms with van der Waals surface area (Å²) < 4.78 is 0. The van der Waals surface area contributed by atoms with Crippen LogP contribution in [0, 0.1) is 10.1 Å². The van der Waals surface area contributed by atoms with Crippen molar-refractivity contribution in [2.45, 2.75) is 51.7 Å². The maximum Gasteiger partial charge on any atom is 0.269 e. The predicted octanol–water partition coefficient (Wildman–Crippen LogP) is 3.19. The van der Waals surface area contributed by atoms with Gasteiger partial charge in [0.15, 0.2) is 0 Å². The highest BCUT2D eigenvalue weighted by Gasteiger charge is 2.15. The molecule has 0 amide bonds. The van der Waals surface area contributed by atoms with E-state index in [4.69, 9.17) is 0 Å². The Morgan fingerprint density at radius 2 is 2.00 bits per heavy atom. The second kappa shape index (κ2) is 8.66. The lowest BCUT2D eigenvalue weighted by atomic mass is 10.0. The molecule has 5 nitrogen and oxygen atoms in total. The molecule has 5 heteroatoms. The van der Waals surface area contributed by atoms with E-state index in [1.165, 1.54) is 6.07 Å². The van der Waals surface area contributed by atoms with Crippen LogP contribution in [0.15, 0.2) is 24.3 Å². The van der Waals surface area contributed by atoms with Gasteiger partial charge in [0.25, 0.3) is 5.69 Å². The average molecular weight is 280 g/mol. The molecule has 1 aromatic carbocycles. The quantitative estimate of drug-likeness (QED) is 0.538. The van der Waals surface area contributed by atoms with E-state index in [-0.39, 0.29) is 22.8 Å². The molecule has 20 heavy (non-hydrogen) atoms. The summed E-state index contributed by atoms with van der Waals surface area (Å²) in [5.74, 6) is 0. The topological polar surface area (TPSA) is 75.4 Å². The number of aliphatic hydroxyl groups is 1. The fourth-order valence-electron chi connectivity index (χ4n) is 2.24. The monoisotopic (exact) mass is 280 g/mol. The van der Waals surface area contributed by atoms with Crippen molar-refractivity contribution in [2.75, 3.05) is 6.54 Å². The van der Waals surface area contributed by atoms with Crippen LogP contribution in [0.1, 0.15) is 51.1 Å². The van der Waals surface area contributed by atoms with Crippen LogP contribution in [0.25, 0.3) is 0 Å². The second-order valence-electron chi connectivity index (χ2n) is 5.04. The SMILES string of the molecule is CCCC(O)CNC(CCC)c1cccc([N+](=O)[O-])c1. The van der Waals surface area contributed by atoms with Gasteiger partial charge in [0.1, 0.15) is 0 Å². The number of benzene rings is 1. The first kappa shape index (κ1) is 16.6. The van der Waals surface area contributed by atoms with Gasteiger partial charge in [-0.3, -0.25) is 10.1 Å². The van der Waals surface area contributed by atoms with Crippen molar-refractivity contribution in [3.63, 3.8) is 0 Å². The molecule has 0 saturated carbocycles. The van der Waals surface area contributed by atoms with Gasteiger partial charge in [0.2, 0.25) is 0 Å². The zero-order valence-electron chi connectivity index (χ0n) is 12.2. The number of hydrogen-bond acceptors (Lipinski definition) is 4. The molecule has 112 valence electrons. The van der Waals surface area contributed by atoms with Crippen LogP contribution in [0.4, 0.5) is 5.69 Å². The molecule has 0 bridgehead atoms. The average Bonchev–Trinajstić information content (AvgIpc) is 2.44. The number of nitrogens with zero attached hydrogens (tertiary/aromatic N) is 1. The minimum atomic E-state index is -0.377. The minimum absolute atomic E-state index is 0.0476. The number of nitro groups is 1. The molecule has 0 aliphatic rings. The van der Waals surface area contributed by atoms with Gasteiger partial charge in [-0.1, -0.05) is 38.8 Å². The number of non-ortho nitro benzene ring substituents is 1. The lowest BCUT2D eigenvalue weighted by molar-refractivity contribution is -0.384. The van der Waals surface area contributed by atoms with Gasteiger partial charge in [-0.05, 0) is 18.4 Å². The first-order chi connectivity index (χ1) is 9.58. The molecule has 0 heterocycles. The zero-order chi connectivity index (χ0) is 15.0. The third-order valence-corrected chi connectivity index (χ3v) is 3.28. The Hall–Kier alpha value is -1.46. The third-order valence-electron chi connectivity index (χ3n) is 3.28. The lowest BCUT2D eigenvalue weighted by Gasteiger charge is -2.20. The van der Waals surface area contributed by atoms with Crippen molar-refractivity contribution in [1.82, 2.24) is 5.32 Å². The molecule has 0 fully saturated rings. The van der Waals surface area contributed by atoms with Crippen LogP contribution < -0.4 is 5.32 Å². The Bertz CT molecular complexity index is 423. The van der Waals surface area contributed by atoms with Crippen LogP contribution in [-0.4, -0.2) is 22.7 Å². The van der Waals surface area contributed by atoms with Crippen LogP contribution in [0.3, 0.4) is 0 Å². The zero-order valence-corrected chi connectivity index (χ0v) is 12.2. The Morgan fingerprint density at radius 1 is 1.30 bits per heavy atom. The van der Waals surface area contributed by atoms with E-state index in [1.54, 1.807) is 12.1 Å². The molecule has 2 unspecified atom stereocenters. The fourth-order valence-corrected chi connectivity index (χ4v) is 2.24. The molecule has 0 saturated heterocycles. The normalized spacial score (nSPS) is 13.9. The fraction of sp³-hybridized carbons (Fsp3) is 0.600. The molecule has 0 spiro atoms. The summed E-state index contributed by atoms with van der Waals surface area (Å²) in [4.78, 5) is 10.5. The Labute approximate surface area is 120 Å². The highest BCUT2D eigenvalue weighted by atomic mass is 16.6. The molecule has 0 aliphatic carbocycles. The summed E-state index contributed by atoms with van der Waals surface area (Å²) in [5, 5.41) is 23.9. The van der Waals surface area contributed by atoms with E-state index in [0.717, 1.165) is 31.2 Å². The Morgan fingerprint density at radius 3 is 2.60 bits per heavy atom. The highest BCUT2D eigenvalue weighted by molar-refractivity contribution is 5.35. The van der Waals surface area contributed by atoms with Crippen molar-refractivity contribution in [2.24, 2.45) is 0 Å². The number of nitrogens with one attached hydrogen (secondary N) is 1. The van der Waals surface area contributed by atoms with Crippen LogP contribution in [-0.2, 0) is 0 Å².